The topological polar surface area (TPSA) is 60.0 Å². The van der Waals surface area contributed by atoms with Gasteiger partial charge in [-0.3, -0.25) is 4.79 Å². The van der Waals surface area contributed by atoms with Gasteiger partial charge in [-0.05, 0) is 24.6 Å². The van der Waals surface area contributed by atoms with Gasteiger partial charge in [-0.1, -0.05) is 6.07 Å². The Balaban J connectivity index is 1.97. The first kappa shape index (κ1) is 19.4. The molecule has 1 aliphatic rings. The molecule has 0 bridgehead atoms. The molecule has 140 valence electrons. The van der Waals surface area contributed by atoms with Crippen molar-refractivity contribution in [3.05, 3.63) is 23.8 Å². The van der Waals surface area contributed by atoms with Crippen molar-refractivity contribution in [3.8, 4) is 11.5 Å². The van der Waals surface area contributed by atoms with Crippen LogP contribution in [-0.2, 0) is 16.1 Å². The number of benzene rings is 1. The maximum atomic E-state index is 12.4. The predicted octanol–water partition coefficient (Wildman–Crippen LogP) is 2.02. The molecule has 6 nitrogen and oxygen atoms in total. The first-order chi connectivity index (χ1) is 12.0. The summed E-state index contributed by atoms with van der Waals surface area (Å²) in [6.07, 6.45) is 0.349. The van der Waals surface area contributed by atoms with Crippen LogP contribution >= 0.6 is 0 Å². The lowest BCUT2D eigenvalue weighted by Crippen LogP contribution is -2.44. The zero-order valence-corrected chi connectivity index (χ0v) is 14.5. The van der Waals surface area contributed by atoms with Crippen LogP contribution in [-0.4, -0.2) is 56.9 Å². The molecule has 0 radical (unpaired) electrons. The highest BCUT2D eigenvalue weighted by Crippen LogP contribution is 2.30. The number of carbonyl (C=O) groups excluding carboxylic acids is 1. The highest BCUT2D eigenvalue weighted by molar-refractivity contribution is 5.76. The van der Waals surface area contributed by atoms with Crippen LogP contribution < -0.4 is 14.8 Å². The first-order valence-electron chi connectivity index (χ1n) is 8.25. The maximum Gasteiger partial charge on any atom is 0.387 e. The molecular weight excluding hydrogens is 334 g/mol. The largest absolute Gasteiger partial charge is 0.490 e. The Morgan fingerprint density at radius 3 is 2.88 bits per heavy atom. The summed E-state index contributed by atoms with van der Waals surface area (Å²) in [6.45, 7) is 1.44. The number of hydrogen-bond donors (Lipinski definition) is 1. The average Bonchev–Trinajstić information content (AvgIpc) is 2.58. The summed E-state index contributed by atoms with van der Waals surface area (Å²) >= 11 is 0. The van der Waals surface area contributed by atoms with E-state index in [-0.39, 0.29) is 23.4 Å². The molecule has 1 aromatic rings. The molecule has 8 heteroatoms. The van der Waals surface area contributed by atoms with Crippen LogP contribution in [0.2, 0.25) is 0 Å². The van der Waals surface area contributed by atoms with E-state index in [0.29, 0.717) is 32.8 Å². The van der Waals surface area contributed by atoms with Gasteiger partial charge in [0.15, 0.2) is 11.5 Å². The van der Waals surface area contributed by atoms with E-state index >= 15 is 0 Å². The summed E-state index contributed by atoms with van der Waals surface area (Å²) in [7, 11) is 1.70. The Hall–Kier alpha value is -1.93. The van der Waals surface area contributed by atoms with E-state index in [2.05, 4.69) is 10.1 Å². The van der Waals surface area contributed by atoms with Crippen LogP contribution in [0.1, 0.15) is 18.9 Å². The van der Waals surface area contributed by atoms with Gasteiger partial charge in [0.05, 0.1) is 19.8 Å². The summed E-state index contributed by atoms with van der Waals surface area (Å²) < 4.78 is 40.0. The molecule has 1 aromatic carbocycles. The maximum absolute atomic E-state index is 12.4. The van der Waals surface area contributed by atoms with Crippen LogP contribution in [0, 0.1) is 0 Å². The second kappa shape index (κ2) is 9.53. The number of amides is 1. The van der Waals surface area contributed by atoms with Gasteiger partial charge in [-0.15, -0.1) is 0 Å². The van der Waals surface area contributed by atoms with E-state index in [1.165, 1.54) is 6.07 Å². The second-order valence-electron chi connectivity index (χ2n) is 5.77. The van der Waals surface area contributed by atoms with Crippen LogP contribution in [0.5, 0.6) is 11.5 Å². The number of nitrogens with zero attached hydrogens (tertiary/aromatic N) is 1. The molecule has 0 spiro atoms. The average molecular weight is 358 g/mol. The van der Waals surface area contributed by atoms with E-state index in [1.54, 1.807) is 31.0 Å². The Morgan fingerprint density at radius 1 is 1.44 bits per heavy atom. The Morgan fingerprint density at radius 2 is 2.24 bits per heavy atom. The van der Waals surface area contributed by atoms with Crippen LogP contribution in [0.25, 0.3) is 0 Å². The van der Waals surface area contributed by atoms with Crippen LogP contribution in [0.4, 0.5) is 8.78 Å². The fourth-order valence-corrected chi connectivity index (χ4v) is 2.59. The van der Waals surface area contributed by atoms with E-state index in [0.717, 1.165) is 12.1 Å². The summed E-state index contributed by atoms with van der Waals surface area (Å²) in [6, 6.07) is 4.71. The van der Waals surface area contributed by atoms with Crippen molar-refractivity contribution in [2.45, 2.75) is 32.5 Å². The molecule has 1 amide bonds. The first-order valence-corrected chi connectivity index (χ1v) is 8.25. The lowest BCUT2D eigenvalue weighted by Gasteiger charge is -2.26. The standard InChI is InChI=1S/C17H24F2N2O4/c1-3-24-15-8-12(4-5-14(15)25-17(18)19)10-21(2)16(22)9-13-11-23-7-6-20-13/h4-5,8,13,17,20H,3,6-7,9-11H2,1-2H3. The van der Waals surface area contributed by atoms with Gasteiger partial charge < -0.3 is 24.4 Å². The summed E-state index contributed by atoms with van der Waals surface area (Å²) in [4.78, 5) is 13.9. The SMILES string of the molecule is CCOc1cc(CN(C)C(=O)CC2COCCN2)ccc1OC(F)F. The third-order valence-electron chi connectivity index (χ3n) is 3.79. The number of nitrogens with one attached hydrogen (secondary N) is 1. The molecular formula is C17H24F2N2O4. The molecule has 1 atom stereocenters. The number of carbonyl (C=O) groups is 1. The van der Waals surface area contributed by atoms with E-state index < -0.39 is 6.61 Å². The van der Waals surface area contributed by atoms with Gasteiger partial charge in [0, 0.05) is 32.6 Å². The van der Waals surface area contributed by atoms with Crippen molar-refractivity contribution in [2.75, 3.05) is 33.4 Å². The van der Waals surface area contributed by atoms with Crippen molar-refractivity contribution in [3.63, 3.8) is 0 Å². The summed E-state index contributed by atoms with van der Waals surface area (Å²) in [5, 5.41) is 3.24. The number of halogens is 2. The van der Waals surface area contributed by atoms with Crippen LogP contribution in [0.15, 0.2) is 18.2 Å². The number of ether oxygens (including phenoxy) is 3. The van der Waals surface area contributed by atoms with Gasteiger partial charge in [0.2, 0.25) is 5.91 Å². The molecule has 1 heterocycles. The lowest BCUT2D eigenvalue weighted by atomic mass is 10.1. The molecule has 2 rings (SSSR count). The molecule has 1 fully saturated rings. The minimum absolute atomic E-state index is 0.0156. The van der Waals surface area contributed by atoms with Gasteiger partial charge in [0.1, 0.15) is 0 Å². The zero-order chi connectivity index (χ0) is 18.2. The molecule has 0 aromatic heterocycles. The molecule has 25 heavy (non-hydrogen) atoms. The van der Waals surface area contributed by atoms with Crippen LogP contribution in [0.3, 0.4) is 0 Å². The minimum Gasteiger partial charge on any atom is -0.490 e. The van der Waals surface area contributed by atoms with E-state index in [1.807, 2.05) is 0 Å². The van der Waals surface area contributed by atoms with E-state index in [9.17, 15) is 13.6 Å². The highest BCUT2D eigenvalue weighted by atomic mass is 19.3. The van der Waals surface area contributed by atoms with Gasteiger partial charge in [0.25, 0.3) is 0 Å². The number of hydrogen-bond acceptors (Lipinski definition) is 5. The smallest absolute Gasteiger partial charge is 0.387 e. The van der Waals surface area contributed by atoms with Gasteiger partial charge in [-0.2, -0.15) is 8.78 Å². The predicted molar refractivity (Wildman–Crippen MR) is 87.9 cm³/mol. The molecule has 1 saturated heterocycles. The number of alkyl halides is 2. The fraction of sp³-hybridized carbons (Fsp3) is 0.588. The normalized spacial score (nSPS) is 17.4. The van der Waals surface area contributed by atoms with Crippen molar-refractivity contribution in [2.24, 2.45) is 0 Å². The third-order valence-corrected chi connectivity index (χ3v) is 3.79. The highest BCUT2D eigenvalue weighted by Gasteiger charge is 2.20. The molecule has 0 saturated carbocycles. The monoisotopic (exact) mass is 358 g/mol. The molecule has 1 N–H and O–H groups in total. The fourth-order valence-electron chi connectivity index (χ4n) is 2.59. The Kier molecular flexibility index (Phi) is 7.39. The van der Waals surface area contributed by atoms with Crippen molar-refractivity contribution < 1.29 is 27.8 Å². The molecule has 1 aliphatic heterocycles. The Bertz CT molecular complexity index is 566. The van der Waals surface area contributed by atoms with Crippen molar-refractivity contribution in [1.82, 2.24) is 10.2 Å². The van der Waals surface area contributed by atoms with Crippen molar-refractivity contribution >= 4 is 5.91 Å². The second-order valence-corrected chi connectivity index (χ2v) is 5.77. The van der Waals surface area contributed by atoms with Crippen molar-refractivity contribution in [1.29, 1.82) is 0 Å². The number of rotatable bonds is 8. The quantitative estimate of drug-likeness (QED) is 0.771. The summed E-state index contributed by atoms with van der Waals surface area (Å²) in [5.74, 6) is 0.204. The molecule has 1 unspecified atom stereocenters. The zero-order valence-electron chi connectivity index (χ0n) is 14.5. The number of morpholine rings is 1. The summed E-state index contributed by atoms with van der Waals surface area (Å²) in [5.41, 5.74) is 0.772. The van der Waals surface area contributed by atoms with Gasteiger partial charge >= 0.3 is 6.61 Å². The Labute approximate surface area is 146 Å². The lowest BCUT2D eigenvalue weighted by molar-refractivity contribution is -0.131. The third kappa shape index (κ3) is 6.13. The molecule has 0 aliphatic carbocycles. The van der Waals surface area contributed by atoms with Gasteiger partial charge in [-0.25, -0.2) is 0 Å². The van der Waals surface area contributed by atoms with E-state index in [4.69, 9.17) is 9.47 Å². The minimum atomic E-state index is -2.92.